The fraction of sp³-hybridized carbons (Fsp3) is 0.265. The summed E-state index contributed by atoms with van der Waals surface area (Å²) in [7, 11) is 0. The van der Waals surface area contributed by atoms with Crippen LogP contribution in [0.4, 0.5) is 5.69 Å². The van der Waals surface area contributed by atoms with E-state index in [2.05, 4.69) is 95.2 Å². The fourth-order valence-electron chi connectivity index (χ4n) is 5.04. The highest BCUT2D eigenvalue weighted by Crippen LogP contribution is 2.38. The summed E-state index contributed by atoms with van der Waals surface area (Å²) < 4.78 is 0. The quantitative estimate of drug-likeness (QED) is 0.318. The van der Waals surface area contributed by atoms with E-state index in [-0.39, 0.29) is 5.91 Å². The van der Waals surface area contributed by atoms with Crippen LogP contribution in [0.1, 0.15) is 61.4 Å². The fourth-order valence-corrected chi connectivity index (χ4v) is 5.04. The lowest BCUT2D eigenvalue weighted by Crippen LogP contribution is -2.31. The molecular weight excluding hydrogens is 452 g/mol. The number of hydrogen-bond donors (Lipinski definition) is 1. The number of nitrogens with one attached hydrogen (secondary N) is 1. The maximum Gasteiger partial charge on any atom is 0.229 e. The van der Waals surface area contributed by atoms with Crippen molar-refractivity contribution in [3.63, 3.8) is 0 Å². The maximum atomic E-state index is 12.2. The second kappa shape index (κ2) is 10.7. The summed E-state index contributed by atoms with van der Waals surface area (Å²) in [6, 6.07) is 25.6. The van der Waals surface area contributed by atoms with Gasteiger partial charge in [0.2, 0.25) is 5.91 Å². The number of fused-ring (bicyclic) bond motifs is 2. The van der Waals surface area contributed by atoms with E-state index in [0.29, 0.717) is 0 Å². The number of anilines is 1. The lowest BCUT2D eigenvalue weighted by atomic mass is 9.86. The maximum absolute atomic E-state index is 12.2. The van der Waals surface area contributed by atoms with Gasteiger partial charge < -0.3 is 5.32 Å². The van der Waals surface area contributed by atoms with Crippen LogP contribution < -0.4 is 5.32 Å². The molecule has 1 saturated heterocycles. The van der Waals surface area contributed by atoms with Gasteiger partial charge in [-0.1, -0.05) is 111 Å². The molecule has 1 heterocycles. The topological polar surface area (TPSA) is 32.3 Å². The highest BCUT2D eigenvalue weighted by atomic mass is 16.2. The standard InChI is InChI=1S/C34H36N2O/c1-34(2,3)33(37)35-29-18-14-25(15-19-29)9-8-22-36-23-20-28(21-24-36)32-30-12-6-4-10-26(30)16-17-27-11-5-7-13-31(27)32/h4-19H,20-24H2,1-3H3,(H,35,37). The van der Waals surface area contributed by atoms with Gasteiger partial charge in [0, 0.05) is 30.7 Å². The molecule has 1 aliphatic carbocycles. The number of piperidine rings is 1. The van der Waals surface area contributed by atoms with Crippen molar-refractivity contribution in [2.75, 3.05) is 25.0 Å². The summed E-state index contributed by atoms with van der Waals surface area (Å²) in [5.74, 6) is 0.0299. The highest BCUT2D eigenvalue weighted by molar-refractivity contribution is 5.95. The molecule has 0 unspecified atom stereocenters. The second-order valence-electron chi connectivity index (χ2n) is 11.0. The Morgan fingerprint density at radius 1 is 0.838 bits per heavy atom. The van der Waals surface area contributed by atoms with Crippen LogP contribution >= 0.6 is 0 Å². The molecule has 5 rings (SSSR count). The largest absolute Gasteiger partial charge is 0.326 e. The lowest BCUT2D eigenvalue weighted by Gasteiger charge is -2.29. The Balaban J connectivity index is 1.24. The first-order valence-electron chi connectivity index (χ1n) is 13.3. The van der Waals surface area contributed by atoms with Gasteiger partial charge in [0.1, 0.15) is 0 Å². The minimum atomic E-state index is -0.400. The van der Waals surface area contributed by atoms with Crippen LogP contribution in [0.15, 0.2) is 84.4 Å². The molecule has 37 heavy (non-hydrogen) atoms. The molecule has 1 aliphatic heterocycles. The van der Waals surface area contributed by atoms with Gasteiger partial charge >= 0.3 is 0 Å². The molecule has 2 aliphatic rings. The van der Waals surface area contributed by atoms with Crippen LogP contribution in [0.5, 0.6) is 0 Å². The third-order valence-electron chi connectivity index (χ3n) is 7.24. The van der Waals surface area contributed by atoms with E-state index in [0.717, 1.165) is 43.7 Å². The third-order valence-corrected chi connectivity index (χ3v) is 7.24. The van der Waals surface area contributed by atoms with Crippen molar-refractivity contribution >= 4 is 35.4 Å². The molecule has 0 saturated carbocycles. The van der Waals surface area contributed by atoms with Crippen LogP contribution in [0, 0.1) is 5.41 Å². The number of hydrogen-bond acceptors (Lipinski definition) is 2. The molecular formula is C34H36N2O. The minimum Gasteiger partial charge on any atom is -0.326 e. The van der Waals surface area contributed by atoms with Crippen LogP contribution in [0.3, 0.4) is 0 Å². The van der Waals surface area contributed by atoms with Crippen molar-refractivity contribution in [2.24, 2.45) is 5.41 Å². The van der Waals surface area contributed by atoms with Crippen molar-refractivity contribution in [2.45, 2.75) is 33.6 Å². The van der Waals surface area contributed by atoms with Crippen LogP contribution in [0.25, 0.3) is 23.8 Å². The molecule has 3 aromatic carbocycles. The number of likely N-dealkylation sites (tertiary alicyclic amines) is 1. The first kappa shape index (κ1) is 25.0. The van der Waals surface area contributed by atoms with Gasteiger partial charge in [0.15, 0.2) is 0 Å². The number of benzene rings is 3. The number of carbonyl (C=O) groups is 1. The highest BCUT2D eigenvalue weighted by Gasteiger charge is 2.22. The normalized spacial score (nSPS) is 15.9. The van der Waals surface area contributed by atoms with E-state index in [4.69, 9.17) is 0 Å². The second-order valence-corrected chi connectivity index (χ2v) is 11.0. The van der Waals surface area contributed by atoms with Crippen molar-refractivity contribution in [1.29, 1.82) is 0 Å². The van der Waals surface area contributed by atoms with E-state index in [1.54, 1.807) is 5.57 Å². The van der Waals surface area contributed by atoms with Gasteiger partial charge in [-0.25, -0.2) is 0 Å². The molecule has 1 fully saturated rings. The molecule has 1 amide bonds. The third kappa shape index (κ3) is 5.84. The summed E-state index contributed by atoms with van der Waals surface area (Å²) in [5.41, 5.74) is 9.90. The van der Waals surface area contributed by atoms with E-state index in [9.17, 15) is 4.79 Å². The molecule has 0 radical (unpaired) electrons. The van der Waals surface area contributed by atoms with Gasteiger partial charge in [0.05, 0.1) is 0 Å². The van der Waals surface area contributed by atoms with Gasteiger partial charge in [-0.3, -0.25) is 9.69 Å². The Labute approximate surface area is 221 Å². The summed E-state index contributed by atoms with van der Waals surface area (Å²) >= 11 is 0. The number of rotatable bonds is 4. The number of amides is 1. The number of carbonyl (C=O) groups excluding carboxylic acids is 1. The van der Waals surface area contributed by atoms with E-state index < -0.39 is 5.41 Å². The minimum absolute atomic E-state index is 0.0299. The Hall–Kier alpha value is -3.69. The van der Waals surface area contributed by atoms with Crippen molar-refractivity contribution in [3.8, 4) is 0 Å². The predicted molar refractivity (Wildman–Crippen MR) is 157 cm³/mol. The van der Waals surface area contributed by atoms with Gasteiger partial charge in [-0.05, 0) is 58.4 Å². The predicted octanol–water partition coefficient (Wildman–Crippen LogP) is 7.77. The zero-order valence-electron chi connectivity index (χ0n) is 22.1. The molecule has 3 heteroatoms. The molecule has 0 aromatic heterocycles. The van der Waals surface area contributed by atoms with E-state index >= 15 is 0 Å². The van der Waals surface area contributed by atoms with Gasteiger partial charge in [0.25, 0.3) is 0 Å². The monoisotopic (exact) mass is 488 g/mol. The van der Waals surface area contributed by atoms with Crippen LogP contribution in [0.2, 0.25) is 0 Å². The molecule has 1 N–H and O–H groups in total. The summed E-state index contributed by atoms with van der Waals surface area (Å²) in [6.45, 7) is 8.85. The SMILES string of the molecule is CC(C)(C)C(=O)Nc1ccc(C=CCN2CCC(=C3c4ccccc4C=Cc4ccccc43)CC2)cc1. The van der Waals surface area contributed by atoms with Gasteiger partial charge in [-0.2, -0.15) is 0 Å². The summed E-state index contributed by atoms with van der Waals surface area (Å²) in [4.78, 5) is 14.7. The molecule has 0 atom stereocenters. The van der Waals surface area contributed by atoms with Crippen LogP contribution in [-0.2, 0) is 4.79 Å². The summed E-state index contributed by atoms with van der Waals surface area (Å²) in [6.07, 6.45) is 11.1. The van der Waals surface area contributed by atoms with E-state index in [1.807, 2.05) is 32.9 Å². The number of nitrogens with zero attached hydrogens (tertiary/aromatic N) is 1. The Bertz CT molecular complexity index is 1310. The van der Waals surface area contributed by atoms with Crippen LogP contribution in [-0.4, -0.2) is 30.4 Å². The molecule has 188 valence electrons. The average molecular weight is 489 g/mol. The molecule has 3 nitrogen and oxygen atoms in total. The first-order valence-corrected chi connectivity index (χ1v) is 13.3. The smallest absolute Gasteiger partial charge is 0.229 e. The average Bonchev–Trinajstić information content (AvgIpc) is 3.07. The van der Waals surface area contributed by atoms with E-state index in [1.165, 1.54) is 27.8 Å². The van der Waals surface area contributed by atoms with Crippen molar-refractivity contribution in [3.05, 3.63) is 112 Å². The Morgan fingerprint density at radius 2 is 1.41 bits per heavy atom. The Morgan fingerprint density at radius 3 is 1.97 bits per heavy atom. The molecule has 0 spiro atoms. The summed E-state index contributed by atoms with van der Waals surface area (Å²) in [5, 5.41) is 2.98. The van der Waals surface area contributed by atoms with Gasteiger partial charge in [-0.15, -0.1) is 0 Å². The molecule has 3 aromatic rings. The van der Waals surface area contributed by atoms with Crippen molar-refractivity contribution < 1.29 is 4.79 Å². The zero-order valence-corrected chi connectivity index (χ0v) is 22.1. The first-order chi connectivity index (χ1) is 17.9. The van der Waals surface area contributed by atoms with Crippen molar-refractivity contribution in [1.82, 2.24) is 4.90 Å². The Kier molecular flexibility index (Phi) is 7.25. The lowest BCUT2D eigenvalue weighted by molar-refractivity contribution is -0.123. The molecule has 0 bridgehead atoms. The zero-order chi connectivity index (χ0) is 25.8.